The first kappa shape index (κ1) is 18.7. The third kappa shape index (κ3) is 4.16. The second-order valence-electron chi connectivity index (χ2n) is 7.42. The molecule has 26 heavy (non-hydrogen) atoms. The fraction of sp³-hybridized carbons (Fsp3) is 0.435. The number of benzene rings is 1. The maximum atomic E-state index is 12.6. The van der Waals surface area contributed by atoms with Crippen LogP contribution in [-0.4, -0.2) is 36.5 Å². The number of anilines is 1. The second-order valence-corrected chi connectivity index (χ2v) is 7.42. The number of likely N-dealkylation sites (N-methyl/N-ethyl adjacent to an activating group) is 1. The number of carbonyl (C=O) groups excluding carboxylic acids is 1. The van der Waals surface area contributed by atoms with Gasteiger partial charge in [-0.05, 0) is 43.0 Å². The molecule has 1 aromatic rings. The lowest BCUT2D eigenvalue weighted by Gasteiger charge is -2.33. The van der Waals surface area contributed by atoms with Crippen molar-refractivity contribution in [1.29, 1.82) is 0 Å². The number of para-hydroxylation sites is 1. The van der Waals surface area contributed by atoms with Crippen molar-refractivity contribution in [2.45, 2.75) is 39.7 Å². The smallest absolute Gasteiger partial charge is 0.231 e. The Kier molecular flexibility index (Phi) is 6.10. The molecule has 0 fully saturated rings. The van der Waals surface area contributed by atoms with Crippen molar-refractivity contribution in [2.24, 2.45) is 5.92 Å². The first-order valence-electron chi connectivity index (χ1n) is 9.74. The number of rotatable bonds is 7. The third-order valence-electron chi connectivity index (χ3n) is 5.54. The Balaban J connectivity index is 1.66. The molecule has 0 unspecified atom stereocenters. The average Bonchev–Trinajstić information content (AvgIpc) is 2.80. The number of allylic oxidation sites excluding steroid dienone is 4. The monoisotopic (exact) mass is 350 g/mol. The molecule has 3 rings (SSSR count). The molecule has 1 aliphatic carbocycles. The third-order valence-corrected chi connectivity index (χ3v) is 5.54. The summed E-state index contributed by atoms with van der Waals surface area (Å²) in [6.45, 7) is 9.61. The van der Waals surface area contributed by atoms with E-state index in [1.807, 2.05) is 17.0 Å². The predicted molar refractivity (Wildman–Crippen MR) is 109 cm³/mol. The van der Waals surface area contributed by atoms with Gasteiger partial charge in [-0.15, -0.1) is 0 Å². The van der Waals surface area contributed by atoms with E-state index in [4.69, 9.17) is 0 Å². The van der Waals surface area contributed by atoms with Gasteiger partial charge in [-0.1, -0.05) is 62.4 Å². The van der Waals surface area contributed by atoms with E-state index in [1.165, 1.54) is 5.57 Å². The predicted octanol–water partition coefficient (Wildman–Crippen LogP) is 4.36. The molecular weight excluding hydrogens is 320 g/mol. The number of fused-ring (bicyclic) bond motifs is 1. The number of amides is 1. The van der Waals surface area contributed by atoms with Gasteiger partial charge in [-0.25, -0.2) is 0 Å². The van der Waals surface area contributed by atoms with Crippen molar-refractivity contribution in [3.63, 3.8) is 0 Å². The lowest BCUT2D eigenvalue weighted by Crippen LogP contribution is -2.44. The maximum Gasteiger partial charge on any atom is 0.231 e. The highest BCUT2D eigenvalue weighted by molar-refractivity contribution is 6.01. The minimum absolute atomic E-state index is 0.193. The molecule has 1 heterocycles. The molecule has 1 aromatic carbocycles. The molecule has 0 radical (unpaired) electrons. The van der Waals surface area contributed by atoms with Gasteiger partial charge in [0.15, 0.2) is 0 Å². The highest BCUT2D eigenvalue weighted by Crippen LogP contribution is 2.32. The van der Waals surface area contributed by atoms with Crippen molar-refractivity contribution in [1.82, 2.24) is 4.90 Å². The minimum atomic E-state index is 0.193. The van der Waals surface area contributed by atoms with E-state index < -0.39 is 0 Å². The zero-order valence-electron chi connectivity index (χ0n) is 16.2. The Morgan fingerprint density at radius 3 is 2.81 bits per heavy atom. The van der Waals surface area contributed by atoms with Gasteiger partial charge in [0.05, 0.1) is 6.42 Å². The largest absolute Gasteiger partial charge is 0.309 e. The van der Waals surface area contributed by atoms with Gasteiger partial charge in [0.2, 0.25) is 5.91 Å². The minimum Gasteiger partial charge on any atom is -0.309 e. The van der Waals surface area contributed by atoms with Crippen LogP contribution in [0.2, 0.25) is 0 Å². The summed E-state index contributed by atoms with van der Waals surface area (Å²) in [5.74, 6) is 0.629. The topological polar surface area (TPSA) is 23.6 Å². The Morgan fingerprint density at radius 1 is 1.19 bits per heavy atom. The van der Waals surface area contributed by atoms with Crippen LogP contribution in [-0.2, 0) is 11.2 Å². The van der Waals surface area contributed by atoms with Gasteiger partial charge in [0, 0.05) is 24.8 Å². The van der Waals surface area contributed by atoms with E-state index in [2.05, 4.69) is 68.2 Å². The Morgan fingerprint density at radius 2 is 2.00 bits per heavy atom. The molecule has 3 heteroatoms. The van der Waals surface area contributed by atoms with Crippen molar-refractivity contribution >= 4 is 11.6 Å². The van der Waals surface area contributed by atoms with E-state index in [9.17, 15) is 4.79 Å². The van der Waals surface area contributed by atoms with Gasteiger partial charge in [0.25, 0.3) is 0 Å². The zero-order chi connectivity index (χ0) is 18.5. The molecule has 138 valence electrons. The fourth-order valence-electron chi connectivity index (χ4n) is 3.83. The lowest BCUT2D eigenvalue weighted by molar-refractivity contribution is -0.118. The van der Waals surface area contributed by atoms with E-state index >= 15 is 0 Å². The Labute approximate surface area is 157 Å². The summed E-state index contributed by atoms with van der Waals surface area (Å²) < 4.78 is 0. The molecule has 0 bridgehead atoms. The number of hydrogen-bond acceptors (Lipinski definition) is 2. The van der Waals surface area contributed by atoms with Gasteiger partial charge in [-0.2, -0.15) is 0 Å². The van der Waals surface area contributed by atoms with Crippen LogP contribution >= 0.6 is 0 Å². The first-order valence-corrected chi connectivity index (χ1v) is 9.74. The highest BCUT2D eigenvalue weighted by Gasteiger charge is 2.33. The Bertz CT molecular complexity index is 731. The van der Waals surface area contributed by atoms with Crippen LogP contribution in [0.4, 0.5) is 5.69 Å². The molecule has 0 spiro atoms. The molecule has 2 aliphatic rings. The lowest BCUT2D eigenvalue weighted by atomic mass is 10.0. The fourth-order valence-corrected chi connectivity index (χ4v) is 3.83. The summed E-state index contributed by atoms with van der Waals surface area (Å²) in [5, 5.41) is 0. The maximum absolute atomic E-state index is 12.6. The SMILES string of the molecule is CCN(CC1=CC=CCC=C1)C[C@@H](C)[C@@H](C)N1C(=O)Cc2ccccc21. The molecule has 1 amide bonds. The van der Waals surface area contributed by atoms with Gasteiger partial charge in [-0.3, -0.25) is 9.69 Å². The second kappa shape index (κ2) is 8.50. The van der Waals surface area contributed by atoms with E-state index in [0.717, 1.165) is 37.3 Å². The van der Waals surface area contributed by atoms with Crippen LogP contribution in [0.5, 0.6) is 0 Å². The summed E-state index contributed by atoms with van der Waals surface area (Å²) in [6.07, 6.45) is 12.5. The van der Waals surface area contributed by atoms with Crippen LogP contribution in [0, 0.1) is 5.92 Å². The van der Waals surface area contributed by atoms with Crippen LogP contribution in [0.3, 0.4) is 0 Å². The van der Waals surface area contributed by atoms with Gasteiger partial charge < -0.3 is 4.90 Å². The van der Waals surface area contributed by atoms with Crippen LogP contribution in [0.25, 0.3) is 0 Å². The van der Waals surface area contributed by atoms with Gasteiger partial charge in [0.1, 0.15) is 0 Å². The molecule has 3 nitrogen and oxygen atoms in total. The quantitative estimate of drug-likeness (QED) is 0.729. The molecule has 0 saturated carbocycles. The summed E-state index contributed by atoms with van der Waals surface area (Å²) >= 11 is 0. The first-order chi connectivity index (χ1) is 12.6. The van der Waals surface area contributed by atoms with Crippen molar-refractivity contribution < 1.29 is 4.79 Å². The molecule has 1 aliphatic heterocycles. The summed E-state index contributed by atoms with van der Waals surface area (Å²) in [7, 11) is 0. The zero-order valence-corrected chi connectivity index (χ0v) is 16.2. The summed E-state index contributed by atoms with van der Waals surface area (Å²) in [5.41, 5.74) is 3.60. The normalized spacial score (nSPS) is 18.7. The van der Waals surface area contributed by atoms with E-state index in [-0.39, 0.29) is 11.9 Å². The molecule has 0 aromatic heterocycles. The molecular formula is C23H30N2O. The van der Waals surface area contributed by atoms with E-state index in [1.54, 1.807) is 0 Å². The van der Waals surface area contributed by atoms with Gasteiger partial charge >= 0.3 is 0 Å². The van der Waals surface area contributed by atoms with Crippen LogP contribution in [0.1, 0.15) is 32.8 Å². The number of hydrogen-bond donors (Lipinski definition) is 0. The van der Waals surface area contributed by atoms with Crippen molar-refractivity contribution in [3.8, 4) is 0 Å². The Hall–Kier alpha value is -2.13. The van der Waals surface area contributed by atoms with Crippen LogP contribution in [0.15, 0.2) is 60.2 Å². The molecule has 0 saturated heterocycles. The molecule has 0 N–H and O–H groups in total. The number of nitrogens with zero attached hydrogens (tertiary/aromatic N) is 2. The number of carbonyl (C=O) groups is 1. The average molecular weight is 351 g/mol. The summed E-state index contributed by atoms with van der Waals surface area (Å²) in [6, 6.07) is 8.39. The van der Waals surface area contributed by atoms with Crippen LogP contribution < -0.4 is 4.90 Å². The standard InChI is InChI=1S/C23H30N2O/c1-4-24(17-20-11-7-5-6-8-12-20)16-18(2)19(3)25-22-14-10-9-13-21(22)15-23(25)26/h5,7-14,18-19H,4,6,15-17H2,1-3H3/t18-,19-/m1/s1. The molecule has 2 atom stereocenters. The van der Waals surface area contributed by atoms with Crippen molar-refractivity contribution in [2.75, 3.05) is 24.5 Å². The van der Waals surface area contributed by atoms with Crippen molar-refractivity contribution in [3.05, 3.63) is 65.8 Å². The van der Waals surface area contributed by atoms with E-state index in [0.29, 0.717) is 12.3 Å². The highest BCUT2D eigenvalue weighted by atomic mass is 16.2. The summed E-state index contributed by atoms with van der Waals surface area (Å²) in [4.78, 5) is 17.1.